The zero-order valence-corrected chi connectivity index (χ0v) is 14.3. The van der Waals surface area contributed by atoms with Crippen molar-refractivity contribution in [1.29, 1.82) is 0 Å². The zero-order valence-electron chi connectivity index (χ0n) is 14.3. The first-order chi connectivity index (χ1) is 12.6. The minimum Gasteiger partial charge on any atom is -0.383 e. The van der Waals surface area contributed by atoms with Crippen molar-refractivity contribution in [2.75, 3.05) is 25.6 Å². The first-order valence-corrected chi connectivity index (χ1v) is 7.97. The molecule has 8 nitrogen and oxygen atoms in total. The largest absolute Gasteiger partial charge is 0.383 e. The summed E-state index contributed by atoms with van der Waals surface area (Å²) in [4.78, 5) is 40.3. The summed E-state index contributed by atoms with van der Waals surface area (Å²) in [6, 6.07) is 11.7. The third-order valence-corrected chi connectivity index (χ3v) is 3.37. The Balaban J connectivity index is 1.95. The van der Waals surface area contributed by atoms with Crippen LogP contribution in [0, 0.1) is 0 Å². The highest BCUT2D eigenvalue weighted by atomic mass is 16.5. The number of para-hydroxylation sites is 1. The molecule has 1 aromatic heterocycles. The molecule has 0 spiro atoms. The van der Waals surface area contributed by atoms with Gasteiger partial charge in [-0.1, -0.05) is 18.2 Å². The molecule has 1 heterocycles. The lowest BCUT2D eigenvalue weighted by molar-refractivity contribution is -0.136. The molecule has 0 aliphatic heterocycles. The lowest BCUT2D eigenvalue weighted by atomic mass is 10.1. The third-order valence-electron chi connectivity index (χ3n) is 3.37. The van der Waals surface area contributed by atoms with Crippen molar-refractivity contribution < 1.29 is 19.1 Å². The molecule has 26 heavy (non-hydrogen) atoms. The highest BCUT2D eigenvalue weighted by Crippen LogP contribution is 2.14. The van der Waals surface area contributed by atoms with E-state index in [2.05, 4.69) is 20.9 Å². The van der Waals surface area contributed by atoms with Crippen LogP contribution in [0.4, 0.5) is 5.69 Å². The normalized spacial score (nSPS) is 10.0. The Morgan fingerprint density at radius 1 is 1.00 bits per heavy atom. The number of nitrogens with zero attached hydrogens (tertiary/aromatic N) is 1. The van der Waals surface area contributed by atoms with Crippen molar-refractivity contribution in [3.05, 3.63) is 59.9 Å². The van der Waals surface area contributed by atoms with Crippen LogP contribution < -0.4 is 16.0 Å². The van der Waals surface area contributed by atoms with Crippen LogP contribution in [-0.2, 0) is 20.9 Å². The van der Waals surface area contributed by atoms with Crippen molar-refractivity contribution in [2.24, 2.45) is 0 Å². The van der Waals surface area contributed by atoms with Crippen molar-refractivity contribution in [3.63, 3.8) is 0 Å². The Morgan fingerprint density at radius 3 is 2.50 bits per heavy atom. The topological polar surface area (TPSA) is 109 Å². The number of benzene rings is 1. The van der Waals surface area contributed by atoms with E-state index in [-0.39, 0.29) is 23.7 Å². The lowest BCUT2D eigenvalue weighted by Crippen LogP contribution is -2.36. The number of ether oxygens (including phenoxy) is 1. The van der Waals surface area contributed by atoms with Gasteiger partial charge in [0.15, 0.2) is 0 Å². The smallest absolute Gasteiger partial charge is 0.313 e. The average Bonchev–Trinajstić information content (AvgIpc) is 2.67. The zero-order chi connectivity index (χ0) is 18.8. The number of hydrogen-bond acceptors (Lipinski definition) is 5. The third kappa shape index (κ3) is 5.67. The quantitative estimate of drug-likeness (QED) is 0.500. The molecule has 2 rings (SSSR count). The summed E-state index contributed by atoms with van der Waals surface area (Å²) < 4.78 is 4.88. The molecule has 0 aliphatic carbocycles. The van der Waals surface area contributed by atoms with E-state index in [4.69, 9.17) is 4.74 Å². The number of carbonyl (C=O) groups is 3. The highest BCUT2D eigenvalue weighted by Gasteiger charge is 2.17. The molecule has 3 amide bonds. The van der Waals surface area contributed by atoms with E-state index >= 15 is 0 Å². The predicted octanol–water partition coefficient (Wildman–Crippen LogP) is 0.713. The van der Waals surface area contributed by atoms with Crippen molar-refractivity contribution in [1.82, 2.24) is 15.6 Å². The summed E-state index contributed by atoms with van der Waals surface area (Å²) in [6.07, 6.45) is 1.60. The van der Waals surface area contributed by atoms with Gasteiger partial charge in [0.25, 0.3) is 5.91 Å². The fraction of sp³-hybridized carbons (Fsp3) is 0.222. The second-order valence-corrected chi connectivity index (χ2v) is 5.25. The number of rotatable bonds is 7. The van der Waals surface area contributed by atoms with Crippen LogP contribution in [0.5, 0.6) is 0 Å². The van der Waals surface area contributed by atoms with E-state index in [1.54, 1.807) is 48.7 Å². The van der Waals surface area contributed by atoms with Crippen LogP contribution >= 0.6 is 0 Å². The van der Waals surface area contributed by atoms with E-state index in [0.29, 0.717) is 18.8 Å². The van der Waals surface area contributed by atoms with E-state index in [0.717, 1.165) is 0 Å². The number of methoxy groups -OCH3 is 1. The number of hydrogen-bond donors (Lipinski definition) is 3. The van der Waals surface area contributed by atoms with Gasteiger partial charge in [0.2, 0.25) is 0 Å². The van der Waals surface area contributed by atoms with Gasteiger partial charge in [-0.2, -0.15) is 0 Å². The fourth-order valence-corrected chi connectivity index (χ4v) is 2.08. The molecule has 0 unspecified atom stereocenters. The Labute approximate surface area is 151 Å². The summed E-state index contributed by atoms with van der Waals surface area (Å²) in [7, 11) is 1.53. The van der Waals surface area contributed by atoms with Gasteiger partial charge in [0, 0.05) is 19.9 Å². The van der Waals surface area contributed by atoms with Crippen LogP contribution in [0.3, 0.4) is 0 Å². The Bertz CT molecular complexity index is 765. The molecule has 2 aromatic rings. The molecule has 8 heteroatoms. The van der Waals surface area contributed by atoms with Crippen LogP contribution in [0.15, 0.2) is 48.7 Å². The number of anilines is 1. The fourth-order valence-electron chi connectivity index (χ4n) is 2.08. The number of aromatic nitrogens is 1. The summed E-state index contributed by atoms with van der Waals surface area (Å²) in [5.41, 5.74) is 1.14. The monoisotopic (exact) mass is 356 g/mol. The molecular weight excluding hydrogens is 336 g/mol. The van der Waals surface area contributed by atoms with Crippen molar-refractivity contribution >= 4 is 23.4 Å². The highest BCUT2D eigenvalue weighted by molar-refractivity contribution is 6.40. The van der Waals surface area contributed by atoms with Gasteiger partial charge in [-0.05, 0) is 24.3 Å². The molecule has 0 bridgehead atoms. The second kappa shape index (κ2) is 9.90. The first kappa shape index (κ1) is 19.1. The summed E-state index contributed by atoms with van der Waals surface area (Å²) in [5.74, 6) is -2.05. The minimum atomic E-state index is -0.863. The first-order valence-electron chi connectivity index (χ1n) is 7.97. The molecule has 0 saturated carbocycles. The molecular formula is C18H20N4O4. The second-order valence-electron chi connectivity index (χ2n) is 5.25. The van der Waals surface area contributed by atoms with E-state index < -0.39 is 11.8 Å². The van der Waals surface area contributed by atoms with Gasteiger partial charge < -0.3 is 20.7 Å². The SMILES string of the molecule is COCCNC(=O)c1ccccc1NC(=O)C(=O)NCc1ccccn1. The molecule has 1 aromatic carbocycles. The van der Waals surface area contributed by atoms with E-state index in [1.807, 2.05) is 0 Å². The van der Waals surface area contributed by atoms with Crippen LogP contribution in [0.1, 0.15) is 16.1 Å². The molecule has 136 valence electrons. The van der Waals surface area contributed by atoms with Gasteiger partial charge in [-0.3, -0.25) is 19.4 Å². The van der Waals surface area contributed by atoms with Crippen LogP contribution in [-0.4, -0.2) is 43.0 Å². The average molecular weight is 356 g/mol. The maximum absolute atomic E-state index is 12.2. The molecule has 3 N–H and O–H groups in total. The van der Waals surface area contributed by atoms with Crippen molar-refractivity contribution in [3.8, 4) is 0 Å². The molecule has 0 atom stereocenters. The number of nitrogens with one attached hydrogen (secondary N) is 3. The van der Waals surface area contributed by atoms with Gasteiger partial charge in [-0.25, -0.2) is 0 Å². The molecule has 0 aliphatic rings. The number of carbonyl (C=O) groups excluding carboxylic acids is 3. The van der Waals surface area contributed by atoms with Crippen LogP contribution in [0.25, 0.3) is 0 Å². The lowest BCUT2D eigenvalue weighted by Gasteiger charge is -2.11. The van der Waals surface area contributed by atoms with E-state index in [9.17, 15) is 14.4 Å². The maximum atomic E-state index is 12.2. The summed E-state index contributed by atoms with van der Waals surface area (Å²) >= 11 is 0. The van der Waals surface area contributed by atoms with Gasteiger partial charge >= 0.3 is 11.8 Å². The van der Waals surface area contributed by atoms with Gasteiger partial charge in [-0.15, -0.1) is 0 Å². The number of pyridine rings is 1. The van der Waals surface area contributed by atoms with E-state index in [1.165, 1.54) is 7.11 Å². The van der Waals surface area contributed by atoms with Gasteiger partial charge in [0.05, 0.1) is 30.1 Å². The maximum Gasteiger partial charge on any atom is 0.313 e. The standard InChI is InChI=1S/C18H20N4O4/c1-26-11-10-20-16(23)14-7-2-3-8-15(14)22-18(25)17(24)21-12-13-6-4-5-9-19-13/h2-9H,10-12H2,1H3,(H,20,23)(H,21,24)(H,22,25). The Kier molecular flexibility index (Phi) is 7.26. The predicted molar refractivity (Wildman–Crippen MR) is 95.4 cm³/mol. The molecule has 0 radical (unpaired) electrons. The molecule has 0 fully saturated rings. The van der Waals surface area contributed by atoms with Gasteiger partial charge in [0.1, 0.15) is 0 Å². The van der Waals surface area contributed by atoms with Crippen molar-refractivity contribution in [2.45, 2.75) is 6.54 Å². The minimum absolute atomic E-state index is 0.131. The Hall–Kier alpha value is -3.26. The van der Waals surface area contributed by atoms with Crippen LogP contribution in [0.2, 0.25) is 0 Å². The number of amides is 3. The molecule has 0 saturated heterocycles. The summed E-state index contributed by atoms with van der Waals surface area (Å²) in [5, 5.41) is 7.60. The summed E-state index contributed by atoms with van der Waals surface area (Å²) in [6.45, 7) is 0.838. The Morgan fingerprint density at radius 2 is 1.77 bits per heavy atom.